The van der Waals surface area contributed by atoms with Crippen molar-refractivity contribution in [2.75, 3.05) is 12.1 Å². The molecule has 6 N–H and O–H groups in total. The van der Waals surface area contributed by atoms with E-state index >= 15 is 0 Å². The van der Waals surface area contributed by atoms with Crippen LogP contribution in [-0.4, -0.2) is 63.9 Å². The van der Waals surface area contributed by atoms with E-state index in [-0.39, 0.29) is 17.0 Å². The number of imidazole rings is 1. The van der Waals surface area contributed by atoms with Crippen LogP contribution in [0, 0.1) is 0 Å². The Balaban J connectivity index is 1.92. The Labute approximate surface area is 135 Å². The summed E-state index contributed by atoms with van der Waals surface area (Å²) in [6, 6.07) is 0. The second-order valence-corrected chi connectivity index (χ2v) is 7.16. The molecule has 24 heavy (non-hydrogen) atoms. The van der Waals surface area contributed by atoms with Gasteiger partial charge >= 0.3 is 7.60 Å². The molecule has 1 aliphatic rings. The number of aromatic nitrogens is 4. The fourth-order valence-electron chi connectivity index (χ4n) is 2.45. The highest BCUT2D eigenvalue weighted by Crippen LogP contribution is 2.42. The third-order valence-corrected chi connectivity index (χ3v) is 4.15. The molecule has 0 spiro atoms. The zero-order chi connectivity index (χ0) is 17.7. The largest absolute Gasteiger partial charge is 0.385 e. The minimum absolute atomic E-state index is 0.131. The molecule has 0 aliphatic carbocycles. The lowest BCUT2D eigenvalue weighted by molar-refractivity contribution is -0.167. The van der Waals surface area contributed by atoms with E-state index in [1.165, 1.54) is 24.1 Å². The highest BCUT2D eigenvalue weighted by Gasteiger charge is 2.54. The van der Waals surface area contributed by atoms with E-state index in [2.05, 4.69) is 15.0 Å². The molecule has 0 radical (unpaired) electrons. The summed E-state index contributed by atoms with van der Waals surface area (Å²) in [6.07, 6.45) is -2.64. The minimum atomic E-state index is -4.46. The van der Waals surface area contributed by atoms with Crippen LogP contribution in [-0.2, 0) is 14.0 Å². The average molecular weight is 361 g/mol. The molecular weight excluding hydrogens is 345 g/mol. The normalized spacial score (nSPS) is 31.0. The first-order chi connectivity index (χ1) is 11.1. The topological polar surface area (TPSA) is 186 Å². The quantitative estimate of drug-likeness (QED) is 0.400. The number of nitrogens with zero attached hydrogens (tertiary/aromatic N) is 4. The number of hydrogen-bond acceptors (Lipinski definition) is 9. The van der Waals surface area contributed by atoms with Gasteiger partial charge < -0.3 is 35.2 Å². The van der Waals surface area contributed by atoms with Gasteiger partial charge in [-0.25, -0.2) is 15.0 Å². The van der Waals surface area contributed by atoms with E-state index in [9.17, 15) is 14.8 Å². The van der Waals surface area contributed by atoms with Crippen molar-refractivity contribution < 1.29 is 34.0 Å². The SMILES string of the molecule is C[C@@]1(O)C(O)[C@@H](OCP(=O)(O)O)O[C@H]1n1cnc2c(N)ncnc21. The Morgan fingerprint density at radius 3 is 2.83 bits per heavy atom. The summed E-state index contributed by atoms with van der Waals surface area (Å²) < 4.78 is 22.6. The molecule has 2 aromatic rings. The first-order valence-corrected chi connectivity index (χ1v) is 8.56. The van der Waals surface area contributed by atoms with Crippen LogP contribution in [0.2, 0.25) is 0 Å². The summed E-state index contributed by atoms with van der Waals surface area (Å²) in [5.74, 6) is 0.131. The summed E-state index contributed by atoms with van der Waals surface area (Å²) in [4.78, 5) is 29.6. The second kappa shape index (κ2) is 5.70. The molecule has 0 bridgehead atoms. The maximum Gasteiger partial charge on any atom is 0.351 e. The highest BCUT2D eigenvalue weighted by molar-refractivity contribution is 7.51. The van der Waals surface area contributed by atoms with Crippen molar-refractivity contribution in [2.24, 2.45) is 0 Å². The van der Waals surface area contributed by atoms with Crippen LogP contribution in [0.4, 0.5) is 5.82 Å². The Morgan fingerprint density at radius 2 is 2.17 bits per heavy atom. The van der Waals surface area contributed by atoms with E-state index in [0.29, 0.717) is 0 Å². The maximum absolute atomic E-state index is 10.9. The standard InChI is InChI=1S/C11H16N5O7P/c1-11(18)6(17)9(22-4-24(19,20)21)23-10(11)16-3-15-5-7(12)13-2-14-8(5)16/h2-3,6,9-10,17-18H,4H2,1H3,(H2,12,13,14)(H2,19,20,21)/t6?,9-,10+,11+/m0/s1. The summed E-state index contributed by atoms with van der Waals surface area (Å²) >= 11 is 0. The third-order valence-electron chi connectivity index (χ3n) is 3.67. The number of aliphatic hydroxyl groups excluding tert-OH is 1. The smallest absolute Gasteiger partial charge is 0.351 e. The van der Waals surface area contributed by atoms with E-state index in [0.717, 1.165) is 0 Å². The predicted molar refractivity (Wildman–Crippen MR) is 78.3 cm³/mol. The maximum atomic E-state index is 10.9. The van der Waals surface area contributed by atoms with Crippen LogP contribution in [0.15, 0.2) is 12.7 Å². The fourth-order valence-corrected chi connectivity index (χ4v) is 2.79. The van der Waals surface area contributed by atoms with Crippen LogP contribution in [0.3, 0.4) is 0 Å². The van der Waals surface area contributed by atoms with Crippen molar-refractivity contribution in [1.82, 2.24) is 19.5 Å². The van der Waals surface area contributed by atoms with Crippen molar-refractivity contribution >= 4 is 24.6 Å². The van der Waals surface area contributed by atoms with Crippen LogP contribution >= 0.6 is 7.60 Å². The van der Waals surface area contributed by atoms with Gasteiger partial charge in [-0.1, -0.05) is 0 Å². The number of nitrogens with two attached hydrogens (primary N) is 1. The van der Waals surface area contributed by atoms with Gasteiger partial charge in [0.2, 0.25) is 0 Å². The Hall–Kier alpha value is -1.66. The molecule has 1 saturated heterocycles. The Bertz CT molecular complexity index is 805. The van der Waals surface area contributed by atoms with Gasteiger partial charge in [0.1, 0.15) is 23.5 Å². The molecular formula is C11H16N5O7P. The third kappa shape index (κ3) is 2.89. The average Bonchev–Trinajstić information content (AvgIpc) is 2.99. The molecule has 132 valence electrons. The molecule has 1 unspecified atom stereocenters. The van der Waals surface area contributed by atoms with Crippen molar-refractivity contribution in [3.63, 3.8) is 0 Å². The van der Waals surface area contributed by atoms with E-state index in [4.69, 9.17) is 25.0 Å². The lowest BCUT2D eigenvalue weighted by Crippen LogP contribution is -2.44. The van der Waals surface area contributed by atoms with Crippen LogP contribution in [0.25, 0.3) is 11.2 Å². The van der Waals surface area contributed by atoms with Gasteiger partial charge in [-0.3, -0.25) is 9.13 Å². The Kier molecular flexibility index (Phi) is 4.08. The van der Waals surface area contributed by atoms with Gasteiger partial charge in [-0.05, 0) is 6.92 Å². The van der Waals surface area contributed by atoms with Crippen LogP contribution in [0.1, 0.15) is 13.2 Å². The number of hydrogen-bond donors (Lipinski definition) is 5. The molecule has 0 aromatic carbocycles. The van der Waals surface area contributed by atoms with Gasteiger partial charge in [0.05, 0.1) is 6.33 Å². The molecule has 1 aliphatic heterocycles. The summed E-state index contributed by atoms with van der Waals surface area (Å²) in [7, 11) is -4.46. The molecule has 1 fully saturated rings. The van der Waals surface area contributed by atoms with E-state index < -0.39 is 38.2 Å². The molecule has 12 nitrogen and oxygen atoms in total. The lowest BCUT2D eigenvalue weighted by atomic mass is 9.99. The molecule has 13 heteroatoms. The fraction of sp³-hybridized carbons (Fsp3) is 0.545. The number of aliphatic hydroxyl groups is 2. The highest BCUT2D eigenvalue weighted by atomic mass is 31.2. The molecule has 4 atom stereocenters. The van der Waals surface area contributed by atoms with Gasteiger partial charge in [-0.2, -0.15) is 0 Å². The first-order valence-electron chi connectivity index (χ1n) is 6.76. The molecule has 0 saturated carbocycles. The number of nitrogen functional groups attached to an aromatic ring is 1. The number of fused-ring (bicyclic) bond motifs is 1. The van der Waals surface area contributed by atoms with Gasteiger partial charge in [0.15, 0.2) is 30.3 Å². The first kappa shape index (κ1) is 17.2. The molecule has 0 amide bonds. The van der Waals surface area contributed by atoms with E-state index in [1.807, 2.05) is 0 Å². The van der Waals surface area contributed by atoms with E-state index in [1.54, 1.807) is 0 Å². The summed E-state index contributed by atoms with van der Waals surface area (Å²) in [6.45, 7) is 1.29. The van der Waals surface area contributed by atoms with Gasteiger partial charge in [0.25, 0.3) is 0 Å². The van der Waals surface area contributed by atoms with Crippen molar-refractivity contribution in [1.29, 1.82) is 0 Å². The minimum Gasteiger partial charge on any atom is -0.385 e. The Morgan fingerprint density at radius 1 is 1.46 bits per heavy atom. The second-order valence-electron chi connectivity index (χ2n) is 5.57. The zero-order valence-corrected chi connectivity index (χ0v) is 13.3. The van der Waals surface area contributed by atoms with Gasteiger partial charge in [-0.15, -0.1) is 0 Å². The zero-order valence-electron chi connectivity index (χ0n) is 12.4. The van der Waals surface area contributed by atoms with Crippen LogP contribution in [0.5, 0.6) is 0 Å². The van der Waals surface area contributed by atoms with Crippen LogP contribution < -0.4 is 5.73 Å². The molecule has 3 rings (SSSR count). The van der Waals surface area contributed by atoms with Gasteiger partial charge in [0, 0.05) is 0 Å². The number of rotatable bonds is 4. The predicted octanol–water partition coefficient (Wildman–Crippen LogP) is -1.47. The van der Waals surface area contributed by atoms with Crippen molar-refractivity contribution in [3.8, 4) is 0 Å². The number of anilines is 1. The number of ether oxygens (including phenoxy) is 2. The molecule has 3 heterocycles. The monoisotopic (exact) mass is 361 g/mol. The van der Waals surface area contributed by atoms with Crippen molar-refractivity contribution in [2.45, 2.75) is 31.1 Å². The lowest BCUT2D eigenvalue weighted by Gasteiger charge is -2.26. The molecule has 2 aromatic heterocycles. The summed E-state index contributed by atoms with van der Waals surface area (Å²) in [5, 5.41) is 20.7. The van der Waals surface area contributed by atoms with Crippen molar-refractivity contribution in [3.05, 3.63) is 12.7 Å². The summed E-state index contributed by atoms with van der Waals surface area (Å²) in [5.41, 5.74) is 4.40.